The fourth-order valence-electron chi connectivity index (χ4n) is 2.13. The Morgan fingerprint density at radius 1 is 1.00 bits per heavy atom. The van der Waals surface area contributed by atoms with E-state index in [1.54, 1.807) is 0 Å². The van der Waals surface area contributed by atoms with Gasteiger partial charge in [0.15, 0.2) is 0 Å². The van der Waals surface area contributed by atoms with Crippen molar-refractivity contribution >= 4 is 10.8 Å². The molecule has 0 fully saturated rings. The first-order valence-corrected chi connectivity index (χ1v) is 6.48. The summed E-state index contributed by atoms with van der Waals surface area (Å²) in [5.74, 6) is 0. The molecule has 1 radical (unpaired) electrons. The quantitative estimate of drug-likeness (QED) is 0.635. The van der Waals surface area contributed by atoms with Crippen molar-refractivity contribution in [2.45, 2.75) is 40.0 Å². The molecule has 2 aromatic rings. The van der Waals surface area contributed by atoms with Crippen molar-refractivity contribution < 1.29 is 0 Å². The van der Waals surface area contributed by atoms with E-state index in [0.717, 1.165) is 0 Å². The van der Waals surface area contributed by atoms with Gasteiger partial charge in [-0.3, -0.25) is 0 Å². The summed E-state index contributed by atoms with van der Waals surface area (Å²) >= 11 is 0. The van der Waals surface area contributed by atoms with Crippen molar-refractivity contribution in [1.29, 1.82) is 0 Å². The summed E-state index contributed by atoms with van der Waals surface area (Å²) in [5.41, 5.74) is 3.98. The van der Waals surface area contributed by atoms with Crippen LogP contribution in [0.1, 0.15) is 45.7 Å². The van der Waals surface area contributed by atoms with Crippen molar-refractivity contribution in [2.75, 3.05) is 0 Å². The van der Waals surface area contributed by atoms with Crippen LogP contribution in [-0.4, -0.2) is 0 Å². The number of benzene rings is 2. The van der Waals surface area contributed by atoms with E-state index >= 15 is 0 Å². The minimum absolute atomic E-state index is 0.199. The van der Waals surface area contributed by atoms with E-state index in [1.165, 1.54) is 27.5 Å². The zero-order chi connectivity index (χ0) is 13.3. The Kier molecular flexibility index (Phi) is 3.30. The maximum atomic E-state index is 3.42. The van der Waals surface area contributed by atoms with Gasteiger partial charge in [0.1, 0.15) is 0 Å². The van der Waals surface area contributed by atoms with E-state index in [-0.39, 0.29) is 5.41 Å². The van der Waals surface area contributed by atoms with Gasteiger partial charge < -0.3 is 0 Å². The van der Waals surface area contributed by atoms with Crippen molar-refractivity contribution in [2.24, 2.45) is 0 Å². The van der Waals surface area contributed by atoms with Crippen LogP contribution in [0.25, 0.3) is 10.8 Å². The molecule has 0 aliphatic rings. The second-order valence-corrected chi connectivity index (χ2v) is 6.12. The van der Waals surface area contributed by atoms with Crippen LogP contribution >= 0.6 is 0 Å². The summed E-state index contributed by atoms with van der Waals surface area (Å²) in [6.07, 6.45) is 3.42. The van der Waals surface area contributed by atoms with Gasteiger partial charge in [-0.15, -0.1) is 0 Å². The highest BCUT2D eigenvalue weighted by atomic mass is 14.2. The first-order valence-electron chi connectivity index (χ1n) is 6.48. The molecule has 0 saturated carbocycles. The highest BCUT2D eigenvalue weighted by molar-refractivity contribution is 5.87. The summed E-state index contributed by atoms with van der Waals surface area (Å²) in [7, 11) is 0. The van der Waals surface area contributed by atoms with Gasteiger partial charge in [-0.1, -0.05) is 62.7 Å². The van der Waals surface area contributed by atoms with Crippen molar-refractivity contribution in [1.82, 2.24) is 0 Å². The van der Waals surface area contributed by atoms with E-state index in [0.29, 0.717) is 0 Å². The number of hydrogen-bond acceptors (Lipinski definition) is 0. The maximum Gasteiger partial charge on any atom is -0.00998 e. The molecule has 0 amide bonds. The normalized spacial score (nSPS) is 11.6. The van der Waals surface area contributed by atoms with Gasteiger partial charge in [0.2, 0.25) is 0 Å². The van der Waals surface area contributed by atoms with E-state index < -0.39 is 0 Å². The standard InChI is InChI=1S/C18H21/c1-13(2)11-14-7-6-8-15-12-16(18(3,4)5)9-10-17(14)15/h6-10,12H,1-5H3. The summed E-state index contributed by atoms with van der Waals surface area (Å²) < 4.78 is 0. The second kappa shape index (κ2) is 4.61. The highest BCUT2D eigenvalue weighted by Gasteiger charge is 2.13. The van der Waals surface area contributed by atoms with Gasteiger partial charge in [-0.25, -0.2) is 0 Å². The number of allylic oxidation sites excluding steroid dienone is 1. The number of rotatable bonds is 1. The maximum absolute atomic E-state index is 3.42. The minimum Gasteiger partial charge on any atom is -0.0679 e. The Hall–Kier alpha value is -1.56. The lowest BCUT2D eigenvalue weighted by Crippen LogP contribution is -2.10. The number of hydrogen-bond donors (Lipinski definition) is 0. The van der Waals surface area contributed by atoms with Crippen LogP contribution in [0.3, 0.4) is 0 Å². The predicted octanol–water partition coefficient (Wildman–Crippen LogP) is 5.25. The molecule has 0 aliphatic heterocycles. The van der Waals surface area contributed by atoms with Crippen LogP contribution in [-0.2, 0) is 5.41 Å². The van der Waals surface area contributed by atoms with Crippen molar-refractivity contribution in [3.05, 3.63) is 59.2 Å². The molecular formula is C18H21. The van der Waals surface area contributed by atoms with Gasteiger partial charge in [0.25, 0.3) is 0 Å². The van der Waals surface area contributed by atoms with Gasteiger partial charge in [0.05, 0.1) is 0 Å². The summed E-state index contributed by atoms with van der Waals surface area (Å²) in [6.45, 7) is 10.9. The Morgan fingerprint density at radius 2 is 1.72 bits per heavy atom. The fourth-order valence-corrected chi connectivity index (χ4v) is 2.13. The average Bonchev–Trinajstić information content (AvgIpc) is 2.27. The minimum atomic E-state index is 0.199. The molecule has 0 N–H and O–H groups in total. The molecular weight excluding hydrogens is 216 g/mol. The number of fused-ring (bicyclic) bond motifs is 1. The van der Waals surface area contributed by atoms with Gasteiger partial charge >= 0.3 is 0 Å². The van der Waals surface area contributed by atoms with Gasteiger partial charge in [0, 0.05) is 0 Å². The van der Waals surface area contributed by atoms with E-state index in [2.05, 4.69) is 77.1 Å². The Morgan fingerprint density at radius 3 is 2.33 bits per heavy atom. The van der Waals surface area contributed by atoms with E-state index in [9.17, 15) is 0 Å². The monoisotopic (exact) mass is 237 g/mol. The summed E-state index contributed by atoms with van der Waals surface area (Å²) in [6, 6.07) is 13.2. The molecule has 2 aromatic carbocycles. The zero-order valence-corrected chi connectivity index (χ0v) is 12.0. The molecule has 0 saturated heterocycles. The molecule has 2 rings (SSSR count). The zero-order valence-electron chi connectivity index (χ0n) is 12.0. The molecule has 0 aliphatic carbocycles. The second-order valence-electron chi connectivity index (χ2n) is 6.12. The highest BCUT2D eigenvalue weighted by Crippen LogP contribution is 2.27. The third kappa shape index (κ3) is 2.64. The molecule has 0 unspecified atom stereocenters. The van der Waals surface area contributed by atoms with Crippen molar-refractivity contribution in [3.63, 3.8) is 0 Å². The fraction of sp³-hybridized carbons (Fsp3) is 0.333. The first kappa shape index (κ1) is 12.9. The Bertz CT molecular complexity index is 591. The molecule has 0 nitrogen and oxygen atoms in total. The largest absolute Gasteiger partial charge is 0.0679 e. The SMILES string of the molecule is CC(C)=[C]c1cccc2cc(C(C)(C)C)ccc12. The van der Waals surface area contributed by atoms with Crippen LogP contribution in [0.15, 0.2) is 42.0 Å². The lowest BCUT2D eigenvalue weighted by atomic mass is 9.85. The van der Waals surface area contributed by atoms with Gasteiger partial charge in [-0.05, 0) is 47.2 Å². The molecule has 93 valence electrons. The lowest BCUT2D eigenvalue weighted by Gasteiger charge is -2.19. The third-order valence-electron chi connectivity index (χ3n) is 3.13. The van der Waals surface area contributed by atoms with E-state index in [4.69, 9.17) is 0 Å². The lowest BCUT2D eigenvalue weighted by molar-refractivity contribution is 0.591. The molecule has 18 heavy (non-hydrogen) atoms. The van der Waals surface area contributed by atoms with Crippen LogP contribution < -0.4 is 0 Å². The third-order valence-corrected chi connectivity index (χ3v) is 3.13. The van der Waals surface area contributed by atoms with Crippen molar-refractivity contribution in [3.8, 4) is 0 Å². The summed E-state index contributed by atoms with van der Waals surface area (Å²) in [5, 5.41) is 2.58. The molecule has 0 heteroatoms. The molecule has 0 atom stereocenters. The Labute approximate surface area is 110 Å². The Balaban J connectivity index is 2.64. The predicted molar refractivity (Wildman–Crippen MR) is 79.9 cm³/mol. The molecule has 0 spiro atoms. The molecule has 0 bridgehead atoms. The van der Waals surface area contributed by atoms with Crippen LogP contribution in [0.2, 0.25) is 0 Å². The van der Waals surface area contributed by atoms with Gasteiger partial charge in [-0.2, -0.15) is 0 Å². The smallest absolute Gasteiger partial charge is 0.00998 e. The van der Waals surface area contributed by atoms with E-state index in [1.807, 2.05) is 0 Å². The first-order chi connectivity index (χ1) is 8.38. The molecule has 0 heterocycles. The topological polar surface area (TPSA) is 0 Å². The van der Waals surface area contributed by atoms with Crippen LogP contribution in [0.4, 0.5) is 0 Å². The van der Waals surface area contributed by atoms with Crippen LogP contribution in [0.5, 0.6) is 0 Å². The average molecular weight is 237 g/mol. The molecule has 0 aromatic heterocycles. The summed E-state index contributed by atoms with van der Waals surface area (Å²) in [4.78, 5) is 0. The van der Waals surface area contributed by atoms with Crippen LogP contribution in [0, 0.1) is 6.08 Å².